The molecule has 2 aromatic rings. The van der Waals surface area contributed by atoms with E-state index >= 15 is 0 Å². The molecule has 0 aromatic heterocycles. The highest BCUT2D eigenvalue weighted by atomic mass is 32.2. The molecular weight excluding hydrogens is 324 g/mol. The van der Waals surface area contributed by atoms with E-state index in [1.165, 1.54) is 0 Å². The lowest BCUT2D eigenvalue weighted by molar-refractivity contribution is 0.179. The molecular formula is C16H17F2NO3S. The maximum atomic E-state index is 13.4. The molecule has 1 unspecified atom stereocenters. The highest BCUT2D eigenvalue weighted by Crippen LogP contribution is 2.25. The Hall–Kier alpha value is -1.99. The van der Waals surface area contributed by atoms with Gasteiger partial charge < -0.3 is 5.11 Å². The van der Waals surface area contributed by atoms with Crippen molar-refractivity contribution in [1.29, 1.82) is 0 Å². The molecule has 0 heterocycles. The van der Waals surface area contributed by atoms with Gasteiger partial charge in [0.25, 0.3) is 10.0 Å². The molecule has 0 aliphatic heterocycles. The van der Waals surface area contributed by atoms with Crippen LogP contribution in [0.4, 0.5) is 14.5 Å². The van der Waals surface area contributed by atoms with Gasteiger partial charge in [-0.2, -0.15) is 0 Å². The van der Waals surface area contributed by atoms with Gasteiger partial charge in [-0.1, -0.05) is 25.1 Å². The monoisotopic (exact) mass is 341 g/mol. The lowest BCUT2D eigenvalue weighted by Gasteiger charge is -2.26. The van der Waals surface area contributed by atoms with E-state index in [2.05, 4.69) is 0 Å². The van der Waals surface area contributed by atoms with Crippen molar-refractivity contribution in [3.8, 4) is 0 Å². The molecule has 0 amide bonds. The van der Waals surface area contributed by atoms with E-state index in [4.69, 9.17) is 0 Å². The van der Waals surface area contributed by atoms with Gasteiger partial charge in [0.2, 0.25) is 0 Å². The number of hydrogen-bond acceptors (Lipinski definition) is 3. The topological polar surface area (TPSA) is 57.6 Å². The Morgan fingerprint density at radius 2 is 1.74 bits per heavy atom. The molecule has 0 aliphatic carbocycles. The van der Waals surface area contributed by atoms with Crippen molar-refractivity contribution in [2.24, 2.45) is 0 Å². The van der Waals surface area contributed by atoms with Crippen molar-refractivity contribution in [3.63, 3.8) is 0 Å². The summed E-state index contributed by atoms with van der Waals surface area (Å²) in [6, 6.07) is 10.6. The van der Waals surface area contributed by atoms with Crippen LogP contribution in [0.1, 0.15) is 13.3 Å². The Labute approximate surface area is 134 Å². The predicted octanol–water partition coefficient (Wildman–Crippen LogP) is 2.93. The zero-order chi connectivity index (χ0) is 17.0. The first kappa shape index (κ1) is 17.4. The van der Waals surface area contributed by atoms with Crippen LogP contribution in [0.25, 0.3) is 0 Å². The van der Waals surface area contributed by atoms with Crippen molar-refractivity contribution in [2.75, 3.05) is 10.8 Å². The summed E-state index contributed by atoms with van der Waals surface area (Å²) in [4.78, 5) is -0.372. The molecule has 4 nitrogen and oxygen atoms in total. The molecule has 2 aromatic carbocycles. The van der Waals surface area contributed by atoms with Gasteiger partial charge in [-0.05, 0) is 36.8 Å². The molecule has 1 N–H and O–H groups in total. The fraction of sp³-hybridized carbons (Fsp3) is 0.250. The van der Waals surface area contributed by atoms with Crippen molar-refractivity contribution >= 4 is 15.7 Å². The summed E-state index contributed by atoms with van der Waals surface area (Å²) in [5.74, 6) is -2.36. The number of aliphatic hydroxyl groups is 1. The zero-order valence-electron chi connectivity index (χ0n) is 12.5. The van der Waals surface area contributed by atoms with Crippen LogP contribution in [0, 0.1) is 11.6 Å². The van der Waals surface area contributed by atoms with E-state index in [0.29, 0.717) is 18.2 Å². The summed E-state index contributed by atoms with van der Waals surface area (Å²) in [6.07, 6.45) is -0.522. The molecule has 0 saturated heterocycles. The summed E-state index contributed by atoms with van der Waals surface area (Å²) >= 11 is 0. The Kier molecular flexibility index (Phi) is 5.33. The lowest BCUT2D eigenvalue weighted by Crippen LogP contribution is -2.37. The van der Waals surface area contributed by atoms with Gasteiger partial charge in [0.1, 0.15) is 0 Å². The normalized spacial score (nSPS) is 12.9. The largest absolute Gasteiger partial charge is 0.391 e. The molecule has 23 heavy (non-hydrogen) atoms. The van der Waals surface area contributed by atoms with E-state index < -0.39 is 27.8 Å². The molecule has 0 fully saturated rings. The molecule has 0 aliphatic rings. The molecule has 0 radical (unpaired) electrons. The number of rotatable bonds is 6. The van der Waals surface area contributed by atoms with Crippen molar-refractivity contribution in [3.05, 3.63) is 60.2 Å². The van der Waals surface area contributed by atoms with E-state index in [1.807, 2.05) is 0 Å². The predicted molar refractivity (Wildman–Crippen MR) is 83.6 cm³/mol. The number of aliphatic hydroxyl groups excluding tert-OH is 1. The number of benzene rings is 2. The van der Waals surface area contributed by atoms with E-state index in [1.54, 1.807) is 37.3 Å². The number of para-hydroxylation sites is 1. The molecule has 2 rings (SSSR count). The Balaban J connectivity index is 2.50. The molecule has 124 valence electrons. The Bertz CT molecular complexity index is 766. The Morgan fingerprint density at radius 3 is 2.30 bits per heavy atom. The average Bonchev–Trinajstić information content (AvgIpc) is 2.55. The summed E-state index contributed by atoms with van der Waals surface area (Å²) < 4.78 is 53.0. The highest BCUT2D eigenvalue weighted by Gasteiger charge is 2.27. The second-order valence-electron chi connectivity index (χ2n) is 5.01. The average molecular weight is 341 g/mol. The maximum absolute atomic E-state index is 13.4. The number of halogens is 2. The molecule has 0 bridgehead atoms. The number of sulfonamides is 1. The first-order chi connectivity index (χ1) is 10.9. The van der Waals surface area contributed by atoms with Crippen LogP contribution >= 0.6 is 0 Å². The third-order valence-electron chi connectivity index (χ3n) is 3.37. The zero-order valence-corrected chi connectivity index (χ0v) is 13.3. The smallest absolute Gasteiger partial charge is 0.264 e. The van der Waals surface area contributed by atoms with Crippen LogP contribution in [0.5, 0.6) is 0 Å². The van der Waals surface area contributed by atoms with Crippen LogP contribution in [0.3, 0.4) is 0 Å². The molecule has 7 heteroatoms. The maximum Gasteiger partial charge on any atom is 0.264 e. The van der Waals surface area contributed by atoms with Gasteiger partial charge in [-0.15, -0.1) is 0 Å². The van der Waals surface area contributed by atoms with Crippen molar-refractivity contribution in [2.45, 2.75) is 24.3 Å². The van der Waals surface area contributed by atoms with Crippen molar-refractivity contribution in [1.82, 2.24) is 0 Å². The third-order valence-corrected chi connectivity index (χ3v) is 5.16. The number of nitrogens with zero attached hydrogens (tertiary/aromatic N) is 1. The summed E-state index contributed by atoms with van der Waals surface area (Å²) in [7, 11) is -4.13. The number of anilines is 1. The SMILES string of the molecule is CCC(O)CN(c1ccccc1)S(=O)(=O)c1ccc(F)c(F)c1. The Morgan fingerprint density at radius 1 is 1.09 bits per heavy atom. The van der Waals surface area contributed by atoms with Gasteiger partial charge in [0.05, 0.1) is 23.2 Å². The van der Waals surface area contributed by atoms with Gasteiger partial charge in [0, 0.05) is 0 Å². The van der Waals surface area contributed by atoms with Crippen LogP contribution in [-0.4, -0.2) is 26.2 Å². The van der Waals surface area contributed by atoms with Crippen LogP contribution in [-0.2, 0) is 10.0 Å². The van der Waals surface area contributed by atoms with Crippen LogP contribution in [0.2, 0.25) is 0 Å². The van der Waals surface area contributed by atoms with Gasteiger partial charge in [-0.25, -0.2) is 17.2 Å². The molecule has 0 spiro atoms. The lowest BCUT2D eigenvalue weighted by atomic mass is 10.2. The number of hydrogen-bond donors (Lipinski definition) is 1. The van der Waals surface area contributed by atoms with Crippen molar-refractivity contribution < 1.29 is 22.3 Å². The molecule has 0 saturated carbocycles. The van der Waals surface area contributed by atoms with E-state index in [0.717, 1.165) is 16.4 Å². The first-order valence-corrected chi connectivity index (χ1v) is 8.51. The summed E-state index contributed by atoms with van der Waals surface area (Å²) in [5, 5.41) is 9.86. The summed E-state index contributed by atoms with van der Waals surface area (Å²) in [6.45, 7) is 1.54. The van der Waals surface area contributed by atoms with E-state index in [-0.39, 0.29) is 11.4 Å². The summed E-state index contributed by atoms with van der Waals surface area (Å²) in [5.41, 5.74) is 0.338. The fourth-order valence-corrected chi connectivity index (χ4v) is 3.54. The highest BCUT2D eigenvalue weighted by molar-refractivity contribution is 7.92. The minimum Gasteiger partial charge on any atom is -0.391 e. The van der Waals surface area contributed by atoms with Gasteiger partial charge in [0.15, 0.2) is 11.6 Å². The van der Waals surface area contributed by atoms with Gasteiger partial charge >= 0.3 is 0 Å². The first-order valence-electron chi connectivity index (χ1n) is 7.07. The van der Waals surface area contributed by atoms with E-state index in [9.17, 15) is 22.3 Å². The van der Waals surface area contributed by atoms with Crippen LogP contribution in [0.15, 0.2) is 53.4 Å². The fourth-order valence-electron chi connectivity index (χ4n) is 2.02. The molecule has 1 atom stereocenters. The second-order valence-corrected chi connectivity index (χ2v) is 6.87. The third kappa shape index (κ3) is 3.86. The van der Waals surface area contributed by atoms with Gasteiger partial charge in [-0.3, -0.25) is 4.31 Å². The standard InChI is InChI=1S/C16H17F2NO3S/c1-2-13(20)11-19(12-6-4-3-5-7-12)23(21,22)14-8-9-15(17)16(18)10-14/h3-10,13,20H,2,11H2,1H3. The van der Waals surface area contributed by atoms with Crippen LogP contribution < -0.4 is 4.31 Å². The minimum absolute atomic E-state index is 0.179. The quantitative estimate of drug-likeness (QED) is 0.879. The second kappa shape index (κ2) is 7.06. The minimum atomic E-state index is -4.13.